The maximum Gasteiger partial charge on any atom is 0.314 e. The lowest BCUT2D eigenvalue weighted by atomic mass is 9.88. The minimum atomic E-state index is -0.972. The Balaban J connectivity index is 2.16. The molecule has 0 aromatic heterocycles. The van der Waals surface area contributed by atoms with Crippen molar-refractivity contribution in [2.45, 2.75) is 45.6 Å². The average molecular weight is 285 g/mol. The smallest absolute Gasteiger partial charge is 0.314 e. The highest BCUT2D eigenvalue weighted by molar-refractivity contribution is 5.79. The minimum Gasteiger partial charge on any atom is -0.481 e. The molecule has 1 saturated carbocycles. The fourth-order valence-corrected chi connectivity index (χ4v) is 1.51. The van der Waals surface area contributed by atoms with Gasteiger partial charge in [0.05, 0.1) is 5.41 Å². The van der Waals surface area contributed by atoms with Gasteiger partial charge >= 0.3 is 12.0 Å². The van der Waals surface area contributed by atoms with Crippen LogP contribution in [0.25, 0.3) is 0 Å². The molecule has 3 amide bonds. The molecule has 0 aromatic rings. The zero-order valence-electron chi connectivity index (χ0n) is 12.0. The lowest BCUT2D eigenvalue weighted by molar-refractivity contribution is -0.147. The third-order valence-corrected chi connectivity index (χ3v) is 3.52. The molecule has 1 atom stereocenters. The quantitative estimate of drug-likeness (QED) is 0.519. The predicted molar refractivity (Wildman–Crippen MR) is 73.2 cm³/mol. The van der Waals surface area contributed by atoms with Gasteiger partial charge in [-0.15, -0.1) is 0 Å². The summed E-state index contributed by atoms with van der Waals surface area (Å²) in [4.78, 5) is 33.9. The molecule has 0 aromatic carbocycles. The van der Waals surface area contributed by atoms with Crippen molar-refractivity contribution in [3.05, 3.63) is 0 Å². The van der Waals surface area contributed by atoms with Crippen LogP contribution in [0, 0.1) is 5.41 Å². The average Bonchev–Trinajstić information content (AvgIpc) is 3.19. The Bertz CT molecular complexity index is 382. The summed E-state index contributed by atoms with van der Waals surface area (Å²) in [5, 5.41) is 16.9. The topological polar surface area (TPSA) is 108 Å². The predicted octanol–water partition coefficient (Wildman–Crippen LogP) is 0.455. The second kappa shape index (κ2) is 7.12. The third-order valence-electron chi connectivity index (χ3n) is 3.52. The molecule has 0 aliphatic heterocycles. The van der Waals surface area contributed by atoms with Gasteiger partial charge in [-0.2, -0.15) is 0 Å². The summed E-state index contributed by atoms with van der Waals surface area (Å²) in [5.41, 5.74) is -0.972. The number of carboxylic acid groups (broad SMARTS) is 1. The summed E-state index contributed by atoms with van der Waals surface area (Å²) in [7, 11) is 0. The van der Waals surface area contributed by atoms with Crippen LogP contribution in [-0.4, -0.2) is 42.1 Å². The molecule has 0 radical (unpaired) electrons. The van der Waals surface area contributed by atoms with Crippen molar-refractivity contribution in [2.24, 2.45) is 5.41 Å². The number of hydrogen-bond acceptors (Lipinski definition) is 3. The fourth-order valence-electron chi connectivity index (χ4n) is 1.51. The Kier molecular flexibility index (Phi) is 5.79. The summed E-state index contributed by atoms with van der Waals surface area (Å²) >= 11 is 0. The van der Waals surface area contributed by atoms with E-state index in [-0.39, 0.29) is 25.4 Å². The normalized spacial score (nSPS) is 16.9. The highest BCUT2D eigenvalue weighted by Gasteiger charge is 2.31. The first-order valence-electron chi connectivity index (χ1n) is 6.92. The SMILES string of the molecule is CCC(C)(CNC(=O)NCCC(=O)NC1CC1)C(=O)O. The number of carbonyl (C=O) groups is 3. The van der Waals surface area contributed by atoms with E-state index in [1.807, 2.05) is 0 Å². The number of carboxylic acids is 1. The Labute approximate surface area is 118 Å². The van der Waals surface area contributed by atoms with E-state index >= 15 is 0 Å². The fraction of sp³-hybridized carbons (Fsp3) is 0.769. The zero-order chi connectivity index (χ0) is 15.2. The van der Waals surface area contributed by atoms with Crippen LogP contribution in [0.5, 0.6) is 0 Å². The number of amides is 3. The Morgan fingerprint density at radius 2 is 1.90 bits per heavy atom. The lowest BCUT2D eigenvalue weighted by Crippen LogP contribution is -2.45. The van der Waals surface area contributed by atoms with Crippen LogP contribution in [0.2, 0.25) is 0 Å². The van der Waals surface area contributed by atoms with Gasteiger partial charge in [0, 0.05) is 25.6 Å². The van der Waals surface area contributed by atoms with Gasteiger partial charge in [0.15, 0.2) is 0 Å². The number of hydrogen-bond donors (Lipinski definition) is 4. The number of rotatable bonds is 8. The molecule has 1 aliphatic carbocycles. The van der Waals surface area contributed by atoms with Gasteiger partial charge in [-0.25, -0.2) is 4.79 Å². The van der Waals surface area contributed by atoms with Gasteiger partial charge in [0.2, 0.25) is 5.91 Å². The van der Waals surface area contributed by atoms with Crippen molar-refractivity contribution in [3.8, 4) is 0 Å². The summed E-state index contributed by atoms with van der Waals surface area (Å²) < 4.78 is 0. The molecule has 1 aliphatic rings. The summed E-state index contributed by atoms with van der Waals surface area (Å²) in [6, 6.07) is -0.137. The summed E-state index contributed by atoms with van der Waals surface area (Å²) in [6.45, 7) is 3.63. The Morgan fingerprint density at radius 1 is 1.25 bits per heavy atom. The monoisotopic (exact) mass is 285 g/mol. The van der Waals surface area contributed by atoms with Gasteiger partial charge in [0.1, 0.15) is 0 Å². The van der Waals surface area contributed by atoms with Crippen LogP contribution in [0.15, 0.2) is 0 Å². The zero-order valence-corrected chi connectivity index (χ0v) is 12.0. The van der Waals surface area contributed by atoms with Crippen molar-refractivity contribution in [2.75, 3.05) is 13.1 Å². The van der Waals surface area contributed by atoms with Gasteiger partial charge in [0.25, 0.3) is 0 Å². The van der Waals surface area contributed by atoms with E-state index in [4.69, 9.17) is 5.11 Å². The van der Waals surface area contributed by atoms with E-state index in [1.54, 1.807) is 13.8 Å². The molecule has 0 saturated heterocycles. The largest absolute Gasteiger partial charge is 0.481 e. The second-order valence-electron chi connectivity index (χ2n) is 5.42. The maximum absolute atomic E-state index is 11.5. The van der Waals surface area contributed by atoms with Crippen LogP contribution < -0.4 is 16.0 Å². The number of nitrogens with one attached hydrogen (secondary N) is 3. The maximum atomic E-state index is 11.5. The number of carbonyl (C=O) groups excluding carboxylic acids is 2. The van der Waals surface area contributed by atoms with Crippen molar-refractivity contribution in [1.82, 2.24) is 16.0 Å². The molecule has 1 rings (SSSR count). The molecule has 0 heterocycles. The Morgan fingerprint density at radius 3 is 2.40 bits per heavy atom. The standard InChI is InChI=1S/C13H23N3O4/c1-3-13(2,11(18)19)8-15-12(20)14-7-6-10(17)16-9-4-5-9/h9H,3-8H2,1-2H3,(H,16,17)(H,18,19)(H2,14,15,20). The second-order valence-corrected chi connectivity index (χ2v) is 5.42. The van der Waals surface area contributed by atoms with Gasteiger partial charge < -0.3 is 21.1 Å². The highest BCUT2D eigenvalue weighted by Crippen LogP contribution is 2.19. The van der Waals surface area contributed by atoms with E-state index in [0.29, 0.717) is 12.5 Å². The molecule has 7 nitrogen and oxygen atoms in total. The third kappa shape index (κ3) is 5.46. The van der Waals surface area contributed by atoms with Crippen LogP contribution in [0.1, 0.15) is 39.5 Å². The molecule has 114 valence electrons. The van der Waals surface area contributed by atoms with Crippen LogP contribution in [-0.2, 0) is 9.59 Å². The van der Waals surface area contributed by atoms with E-state index in [9.17, 15) is 14.4 Å². The Hall–Kier alpha value is -1.79. The first-order chi connectivity index (χ1) is 9.37. The van der Waals surface area contributed by atoms with Gasteiger partial charge in [-0.1, -0.05) is 6.92 Å². The van der Waals surface area contributed by atoms with Crippen LogP contribution in [0.3, 0.4) is 0 Å². The number of urea groups is 1. The molecule has 1 unspecified atom stereocenters. The molecule has 1 fully saturated rings. The van der Waals surface area contributed by atoms with E-state index in [2.05, 4.69) is 16.0 Å². The molecular formula is C13H23N3O4. The summed E-state index contributed by atoms with van der Waals surface area (Å²) in [5.74, 6) is -1.01. The molecule has 7 heteroatoms. The molecular weight excluding hydrogens is 262 g/mol. The molecule has 20 heavy (non-hydrogen) atoms. The van der Waals surface area contributed by atoms with Gasteiger partial charge in [-0.05, 0) is 26.2 Å². The highest BCUT2D eigenvalue weighted by atomic mass is 16.4. The van der Waals surface area contributed by atoms with Gasteiger partial charge in [-0.3, -0.25) is 9.59 Å². The van der Waals surface area contributed by atoms with E-state index < -0.39 is 17.4 Å². The molecule has 0 bridgehead atoms. The molecule has 4 N–H and O–H groups in total. The summed E-state index contributed by atoms with van der Waals surface area (Å²) in [6.07, 6.45) is 2.72. The first-order valence-corrected chi connectivity index (χ1v) is 6.92. The van der Waals surface area contributed by atoms with Crippen LogP contribution in [0.4, 0.5) is 4.79 Å². The van der Waals surface area contributed by atoms with Crippen molar-refractivity contribution in [3.63, 3.8) is 0 Å². The van der Waals surface area contributed by atoms with E-state index in [0.717, 1.165) is 12.8 Å². The number of aliphatic carboxylic acids is 1. The van der Waals surface area contributed by atoms with Crippen molar-refractivity contribution >= 4 is 17.9 Å². The first kappa shape index (κ1) is 16.3. The molecule has 0 spiro atoms. The van der Waals surface area contributed by atoms with Crippen molar-refractivity contribution < 1.29 is 19.5 Å². The van der Waals surface area contributed by atoms with E-state index in [1.165, 1.54) is 0 Å². The van der Waals surface area contributed by atoms with Crippen molar-refractivity contribution in [1.29, 1.82) is 0 Å². The lowest BCUT2D eigenvalue weighted by Gasteiger charge is -2.23. The van der Waals surface area contributed by atoms with Crippen LogP contribution >= 0.6 is 0 Å². The minimum absolute atomic E-state index is 0.0545.